The quantitative estimate of drug-likeness (QED) is 0.0124. The summed E-state index contributed by atoms with van der Waals surface area (Å²) in [6.07, 6.45) is 20.6. The largest absolute Gasteiger partial charge is 0.480 e. The number of benzene rings is 4. The number of thioether (sulfide) groups is 1. The van der Waals surface area contributed by atoms with Crippen molar-refractivity contribution >= 4 is 80.3 Å². The fourth-order valence-electron chi connectivity index (χ4n) is 13.6. The Balaban J connectivity index is 1.09. The second-order valence-corrected chi connectivity index (χ2v) is 30.1. The van der Waals surface area contributed by atoms with Crippen LogP contribution in [-0.2, 0) is 62.6 Å². The number of fused-ring (bicyclic) bond motifs is 2. The van der Waals surface area contributed by atoms with Gasteiger partial charge in [-0.05, 0) is 131 Å². The number of amides is 4. The van der Waals surface area contributed by atoms with Crippen LogP contribution in [0.1, 0.15) is 192 Å². The van der Waals surface area contributed by atoms with E-state index in [4.69, 9.17) is 0 Å². The third kappa shape index (κ3) is 23.6. The summed E-state index contributed by atoms with van der Waals surface area (Å²) >= 11 is 1.40. The van der Waals surface area contributed by atoms with Crippen LogP contribution in [0.2, 0.25) is 0 Å². The van der Waals surface area contributed by atoms with E-state index in [9.17, 15) is 56.7 Å². The predicted octanol–water partition coefficient (Wildman–Crippen LogP) is 14.0. The second-order valence-electron chi connectivity index (χ2n) is 27.5. The molecule has 20 heteroatoms. The highest BCUT2D eigenvalue weighted by Crippen LogP contribution is 2.49. The number of hydrogen-bond acceptors (Lipinski definition) is 11. The van der Waals surface area contributed by atoms with E-state index < -0.39 is 63.5 Å². The number of urea groups is 1. The number of unbranched alkanes of at least 4 members (excludes halogenated alkanes) is 8. The fraction of sp³-hybridized carbons (Fsp3) is 0.494. The molecule has 0 fully saturated rings. The maximum Gasteiger partial charge on any atom is 0.327 e. The van der Waals surface area contributed by atoms with Crippen molar-refractivity contribution in [2.45, 2.75) is 212 Å². The van der Waals surface area contributed by atoms with Gasteiger partial charge >= 0.3 is 18.0 Å². The lowest BCUT2D eigenvalue weighted by Crippen LogP contribution is -2.48. The van der Waals surface area contributed by atoms with E-state index >= 15 is 0 Å². The Morgan fingerprint density at radius 1 is 0.636 bits per heavy atom. The molecule has 7 N–H and O–H groups in total. The summed E-state index contributed by atoms with van der Waals surface area (Å²) in [5, 5.41) is 31.5. The van der Waals surface area contributed by atoms with Gasteiger partial charge in [0.2, 0.25) is 17.5 Å². The highest BCUT2D eigenvalue weighted by molar-refractivity contribution is 8.03. The zero-order chi connectivity index (χ0) is 71.5. The van der Waals surface area contributed by atoms with E-state index in [1.165, 1.54) is 28.7 Å². The number of allylic oxidation sites excluding steroid dienone is 7. The zero-order valence-electron chi connectivity index (χ0n) is 58.8. The van der Waals surface area contributed by atoms with E-state index in [1.54, 1.807) is 0 Å². The van der Waals surface area contributed by atoms with Gasteiger partial charge in [0.25, 0.3) is 10.1 Å². The molecule has 2 aliphatic heterocycles. The van der Waals surface area contributed by atoms with Crippen molar-refractivity contribution in [3.05, 3.63) is 178 Å². The van der Waals surface area contributed by atoms with Crippen molar-refractivity contribution in [1.82, 2.24) is 21.3 Å². The van der Waals surface area contributed by atoms with Gasteiger partial charge in [0.15, 0.2) is 11.5 Å². The van der Waals surface area contributed by atoms with Gasteiger partial charge in [-0.2, -0.15) is 13.0 Å². The zero-order valence-corrected chi connectivity index (χ0v) is 60.5. The first-order chi connectivity index (χ1) is 47.4. The number of carbonyl (C=O) groups excluding carboxylic acids is 5. The third-order valence-corrected chi connectivity index (χ3v) is 21.2. The molecular weight excluding hydrogens is 1290 g/mol. The summed E-state index contributed by atoms with van der Waals surface area (Å²) in [4.78, 5) is 96.6. The summed E-state index contributed by atoms with van der Waals surface area (Å²) in [7, 11) is -4.13. The topological polar surface area (TPSA) is 269 Å². The van der Waals surface area contributed by atoms with E-state index in [-0.39, 0.29) is 79.3 Å². The minimum Gasteiger partial charge on any atom is -0.480 e. The average molecular weight is 1390 g/mol. The molecule has 0 saturated heterocycles. The molecule has 4 aromatic rings. The number of ketones is 2. The summed E-state index contributed by atoms with van der Waals surface area (Å²) in [6.45, 7) is 14.7. The van der Waals surface area contributed by atoms with Crippen LogP contribution in [0, 0.1) is 5.92 Å². The predicted molar refractivity (Wildman–Crippen MR) is 394 cm³/mol. The molecular formula is C79H105N6O12S2+. The maximum atomic E-state index is 15.0. The number of rotatable bonds is 42. The molecule has 0 aromatic heterocycles. The Morgan fingerprint density at radius 2 is 1.27 bits per heavy atom. The fourth-order valence-corrected chi connectivity index (χ4v) is 15.4. The Labute approximate surface area is 590 Å². The average Bonchev–Trinajstić information content (AvgIpc) is 1.61. The van der Waals surface area contributed by atoms with Crippen LogP contribution < -0.4 is 26.2 Å². The lowest BCUT2D eigenvalue weighted by atomic mass is 9.81. The van der Waals surface area contributed by atoms with Crippen molar-refractivity contribution in [3.8, 4) is 0 Å². The van der Waals surface area contributed by atoms with Crippen LogP contribution >= 0.6 is 11.8 Å². The Bertz CT molecular complexity index is 3710. The van der Waals surface area contributed by atoms with Crippen molar-refractivity contribution in [2.24, 2.45) is 5.92 Å². The van der Waals surface area contributed by atoms with Crippen LogP contribution in [-0.4, -0.2) is 124 Å². The lowest BCUT2D eigenvalue weighted by molar-refractivity contribution is -0.438. The second kappa shape index (κ2) is 38.6. The first-order valence-corrected chi connectivity index (χ1v) is 38.3. The minimum atomic E-state index is -4.13. The Hall–Kier alpha value is -7.94. The van der Waals surface area contributed by atoms with E-state index in [0.717, 1.165) is 108 Å². The summed E-state index contributed by atoms with van der Waals surface area (Å²) in [5.41, 5.74) is 9.68. The molecule has 7 rings (SSSR count). The number of carboxylic acids is 2. The molecule has 4 aromatic carbocycles. The number of anilines is 1. The van der Waals surface area contributed by atoms with Crippen LogP contribution in [0.4, 0.5) is 16.2 Å². The molecule has 0 spiro atoms. The van der Waals surface area contributed by atoms with Gasteiger partial charge in [-0.1, -0.05) is 169 Å². The van der Waals surface area contributed by atoms with E-state index in [0.29, 0.717) is 51.6 Å². The number of nitrogens with one attached hydrogen (secondary N) is 4. The molecule has 1 aliphatic carbocycles. The molecule has 2 heterocycles. The van der Waals surface area contributed by atoms with Gasteiger partial charge in [-0.25, -0.2) is 14.4 Å². The molecule has 3 aliphatic rings. The van der Waals surface area contributed by atoms with Gasteiger partial charge in [0.05, 0.1) is 17.2 Å². The van der Waals surface area contributed by atoms with Crippen LogP contribution in [0.25, 0.3) is 0 Å². The molecule has 0 radical (unpaired) electrons. The number of carboxylic acid groups (broad SMARTS) is 2. The summed E-state index contributed by atoms with van der Waals surface area (Å²) < 4.78 is 35.5. The molecule has 4 amide bonds. The highest BCUT2D eigenvalue weighted by Gasteiger charge is 2.44. The van der Waals surface area contributed by atoms with Crippen LogP contribution in [0.5, 0.6) is 0 Å². The molecule has 0 unspecified atom stereocenters. The standard InChI is InChI=1S/C79H104N6O12S2/c1-7-9-26-49-84-67-39-24-22-37-62(67)78(3,4)70(84)46-42-58-34-29-35-59(43-47-71-79(5,6)63-38-23-25-40-68(63)85(71)50-27-28-51-99(95,96)97)73(58)98-55-66(76(92)93)82-74(89)60(52-56-30-16-14-17-31-56)54-69(87)65(53-57-32-18-15-19-33-57)81-72(88)41-21-13-11-10-12-20-36-61(86)44-45-64(75(90)91)83-77(94)80-48-8-2/h14-19,22-25,30-33,37-40,42-43,46-47,60,64-66H,7-13,20-21,26-29,34-36,41,44-45,48-55H2,1-6H3,(H6-,80,81,82,83,88,89,90,91,92,93,94,95,96,97)/p+1/t60-,64+,65+,66+/m1/s1. The monoisotopic (exact) mass is 1390 g/mol. The number of carbonyl (C=O) groups is 7. The number of hydrogen-bond donors (Lipinski definition) is 7. The van der Waals surface area contributed by atoms with Crippen molar-refractivity contribution < 1.29 is 61.3 Å². The first kappa shape index (κ1) is 78.4. The number of Topliss-reactive ketones (excluding diaryl/α,β-unsaturated/α-hetero) is 2. The van der Waals surface area contributed by atoms with Gasteiger partial charge in [0.1, 0.15) is 24.4 Å². The number of para-hydroxylation sites is 2. The van der Waals surface area contributed by atoms with Crippen molar-refractivity contribution in [1.29, 1.82) is 0 Å². The Kier molecular flexibility index (Phi) is 30.6. The van der Waals surface area contributed by atoms with Gasteiger partial charge in [0, 0.05) is 96.3 Å². The molecule has 534 valence electrons. The Morgan fingerprint density at radius 3 is 1.94 bits per heavy atom. The molecule has 18 nitrogen and oxygen atoms in total. The molecule has 99 heavy (non-hydrogen) atoms. The lowest BCUT2D eigenvalue weighted by Gasteiger charge is -2.28. The SMILES string of the molecule is CCCCC[N+]1=C(C=CC2=C(SC[C@H](NC(=O)[C@@H](CC(=O)[C@H](Cc3ccccc3)NC(=O)CCCCCCCCC(=O)CC[C@H](NC(=O)NCCC)C(=O)O)Cc3ccccc3)C(=O)O)C(=CC=C3N(CCCCS(=O)(=O)O)c4ccccc4C3(C)C)CCC2)C(C)(C)c2ccccc21. The highest BCUT2D eigenvalue weighted by atomic mass is 32.2. The number of aliphatic carboxylic acids is 2. The molecule has 0 bridgehead atoms. The summed E-state index contributed by atoms with van der Waals surface area (Å²) in [6, 6.07) is 31.3. The van der Waals surface area contributed by atoms with E-state index in [1.807, 2.05) is 79.7 Å². The number of nitrogens with zero attached hydrogens (tertiary/aromatic N) is 2. The smallest absolute Gasteiger partial charge is 0.327 e. The minimum absolute atomic E-state index is 0.00557. The van der Waals surface area contributed by atoms with E-state index in [2.05, 4.69) is 126 Å². The molecule has 4 atom stereocenters. The van der Waals surface area contributed by atoms with Gasteiger partial charge in [-0.3, -0.25) is 23.7 Å². The van der Waals surface area contributed by atoms with Gasteiger partial charge < -0.3 is 36.4 Å². The van der Waals surface area contributed by atoms with Crippen LogP contribution in [0.15, 0.2) is 155 Å². The first-order valence-electron chi connectivity index (χ1n) is 35.7. The van der Waals surface area contributed by atoms with Gasteiger partial charge in [-0.15, -0.1) is 11.8 Å². The van der Waals surface area contributed by atoms with Crippen molar-refractivity contribution in [2.75, 3.05) is 36.0 Å². The normalized spacial score (nSPS) is 16.9. The maximum absolute atomic E-state index is 15.0. The van der Waals surface area contributed by atoms with Crippen molar-refractivity contribution in [3.63, 3.8) is 0 Å². The molecule has 0 saturated carbocycles. The van der Waals surface area contributed by atoms with Crippen LogP contribution in [0.3, 0.4) is 0 Å². The summed E-state index contributed by atoms with van der Waals surface area (Å²) in [5.74, 6) is -5.13. The third-order valence-electron chi connectivity index (χ3n) is 19.1.